The molecule has 0 spiro atoms. The molecule has 1 aromatic rings. The lowest BCUT2D eigenvalue weighted by molar-refractivity contribution is 0.173. The topological polar surface area (TPSA) is 47.9 Å². The van der Waals surface area contributed by atoms with Crippen LogP contribution in [0, 0.1) is 0 Å². The Morgan fingerprint density at radius 2 is 2.29 bits per heavy atom. The van der Waals surface area contributed by atoms with Crippen LogP contribution in [0.2, 0.25) is 0 Å². The number of aliphatic imine (C=N–C) groups is 1. The normalized spacial score (nSPS) is 12.7. The van der Waals surface area contributed by atoms with Gasteiger partial charge >= 0.3 is 0 Å². The number of fused-ring (bicyclic) bond motifs is 1. The van der Waals surface area contributed by atoms with E-state index in [-0.39, 0.29) is 6.79 Å². The summed E-state index contributed by atoms with van der Waals surface area (Å²) >= 11 is 3.53. The third kappa shape index (κ3) is 2.21. The highest BCUT2D eigenvalue weighted by atomic mass is 79.9. The second-order valence-electron chi connectivity index (χ2n) is 4.06. The number of hydrogen-bond donors (Lipinski definition) is 0. The van der Waals surface area contributed by atoms with Crippen LogP contribution in [0.4, 0.5) is 0 Å². The van der Waals surface area contributed by atoms with Crippen LogP contribution in [0.25, 0.3) is 0 Å². The van der Waals surface area contributed by atoms with Gasteiger partial charge in [0, 0.05) is 0 Å². The minimum absolute atomic E-state index is 0.228. The Morgan fingerprint density at radius 1 is 1.53 bits per heavy atom. The van der Waals surface area contributed by atoms with Gasteiger partial charge in [0.25, 0.3) is 0 Å². The van der Waals surface area contributed by atoms with Crippen molar-refractivity contribution in [1.82, 2.24) is 0 Å². The Balaban J connectivity index is 2.56. The number of carbonyl (C=O) groups excluding carboxylic acids is 1. The molecule has 0 unspecified atom stereocenters. The Bertz CT molecular complexity index is 493. The number of nitrogens with zero attached hydrogens (tertiary/aromatic N) is 1. The van der Waals surface area contributed by atoms with Crippen LogP contribution < -0.4 is 9.47 Å². The predicted octanol–water partition coefficient (Wildman–Crippen LogP) is 3.14. The summed E-state index contributed by atoms with van der Waals surface area (Å²) in [7, 11) is 0. The Morgan fingerprint density at radius 3 is 2.94 bits per heavy atom. The lowest BCUT2D eigenvalue weighted by Crippen LogP contribution is -1.98. The number of isocyanates is 1. The van der Waals surface area contributed by atoms with Crippen LogP contribution in [0.3, 0.4) is 0 Å². The first-order valence-electron chi connectivity index (χ1n) is 5.29. The van der Waals surface area contributed by atoms with Crippen molar-refractivity contribution in [2.45, 2.75) is 26.3 Å². The van der Waals surface area contributed by atoms with Crippen molar-refractivity contribution in [2.75, 3.05) is 6.79 Å². The van der Waals surface area contributed by atoms with E-state index < -0.39 is 0 Å². The standard InChI is InChI=1S/C12H12BrNO3/c1-7(2)10-8(4-14-5-15)3-9-12(11(10)13)17-6-16-9/h3,7H,4,6H2,1-2H3. The average molecular weight is 298 g/mol. The van der Waals surface area contributed by atoms with Gasteiger partial charge in [-0.15, -0.1) is 0 Å². The van der Waals surface area contributed by atoms with E-state index in [9.17, 15) is 4.79 Å². The molecule has 0 aromatic heterocycles. The zero-order valence-corrected chi connectivity index (χ0v) is 11.2. The first-order chi connectivity index (χ1) is 8.15. The molecule has 17 heavy (non-hydrogen) atoms. The summed E-state index contributed by atoms with van der Waals surface area (Å²) in [6.07, 6.45) is 1.56. The quantitative estimate of drug-likeness (QED) is 0.636. The first kappa shape index (κ1) is 12.1. The van der Waals surface area contributed by atoms with Gasteiger partial charge in [-0.1, -0.05) is 13.8 Å². The summed E-state index contributed by atoms with van der Waals surface area (Å²) in [5.74, 6) is 1.72. The number of halogens is 1. The SMILES string of the molecule is CC(C)c1c(CN=C=O)cc2c(c1Br)OCO2. The molecule has 1 aromatic carbocycles. The number of rotatable bonds is 3. The number of ether oxygens (including phenoxy) is 2. The van der Waals surface area contributed by atoms with E-state index in [1.165, 1.54) is 0 Å². The summed E-state index contributed by atoms with van der Waals surface area (Å²) in [4.78, 5) is 13.8. The van der Waals surface area contributed by atoms with Gasteiger partial charge in [0.05, 0.1) is 11.0 Å². The number of hydrogen-bond acceptors (Lipinski definition) is 4. The fraction of sp³-hybridized carbons (Fsp3) is 0.417. The monoisotopic (exact) mass is 297 g/mol. The van der Waals surface area contributed by atoms with Gasteiger partial charge in [0.1, 0.15) is 0 Å². The molecule has 1 aliphatic rings. The average Bonchev–Trinajstić information content (AvgIpc) is 2.74. The third-order valence-electron chi connectivity index (χ3n) is 2.62. The largest absolute Gasteiger partial charge is 0.454 e. The van der Waals surface area contributed by atoms with Gasteiger partial charge in [0.2, 0.25) is 12.9 Å². The van der Waals surface area contributed by atoms with E-state index in [2.05, 4.69) is 34.8 Å². The molecular weight excluding hydrogens is 286 g/mol. The Labute approximate surface area is 108 Å². The van der Waals surface area contributed by atoms with Gasteiger partial charge in [-0.3, -0.25) is 0 Å². The second-order valence-corrected chi connectivity index (χ2v) is 4.85. The molecule has 2 rings (SSSR count). The second kappa shape index (κ2) is 4.90. The van der Waals surface area contributed by atoms with Crippen molar-refractivity contribution < 1.29 is 14.3 Å². The van der Waals surface area contributed by atoms with E-state index in [0.717, 1.165) is 21.3 Å². The van der Waals surface area contributed by atoms with Crippen molar-refractivity contribution in [3.8, 4) is 11.5 Å². The minimum Gasteiger partial charge on any atom is -0.454 e. The molecule has 0 fully saturated rings. The lowest BCUT2D eigenvalue weighted by Gasteiger charge is -2.15. The maximum absolute atomic E-state index is 10.2. The maximum Gasteiger partial charge on any atom is 0.235 e. The van der Waals surface area contributed by atoms with Crippen molar-refractivity contribution in [3.63, 3.8) is 0 Å². The lowest BCUT2D eigenvalue weighted by atomic mass is 9.96. The van der Waals surface area contributed by atoms with Crippen LogP contribution in [-0.2, 0) is 11.3 Å². The van der Waals surface area contributed by atoms with Gasteiger partial charge in [-0.05, 0) is 39.0 Å². The summed E-state index contributed by atoms with van der Waals surface area (Å²) < 4.78 is 11.6. The summed E-state index contributed by atoms with van der Waals surface area (Å²) in [5, 5.41) is 0. The zero-order valence-electron chi connectivity index (χ0n) is 9.62. The molecule has 1 heterocycles. The fourth-order valence-corrected chi connectivity index (χ4v) is 2.96. The zero-order chi connectivity index (χ0) is 12.4. The molecule has 0 aliphatic carbocycles. The van der Waals surface area contributed by atoms with Crippen molar-refractivity contribution >= 4 is 22.0 Å². The molecule has 0 saturated heterocycles. The van der Waals surface area contributed by atoms with Gasteiger partial charge in [-0.25, -0.2) is 9.79 Å². The van der Waals surface area contributed by atoms with E-state index >= 15 is 0 Å². The molecule has 90 valence electrons. The van der Waals surface area contributed by atoms with Crippen LogP contribution >= 0.6 is 15.9 Å². The first-order valence-corrected chi connectivity index (χ1v) is 6.09. The van der Waals surface area contributed by atoms with Gasteiger partial charge in [0.15, 0.2) is 11.5 Å². The molecule has 4 nitrogen and oxygen atoms in total. The molecule has 0 N–H and O–H groups in total. The van der Waals surface area contributed by atoms with Crippen LogP contribution in [0.1, 0.15) is 30.9 Å². The molecular formula is C12H12BrNO3. The molecule has 5 heteroatoms. The minimum atomic E-state index is 0.228. The number of benzene rings is 1. The molecule has 0 saturated carbocycles. The smallest absolute Gasteiger partial charge is 0.235 e. The molecule has 0 radical (unpaired) electrons. The Hall–Kier alpha value is -1.32. The van der Waals surface area contributed by atoms with E-state index in [1.807, 2.05) is 6.07 Å². The van der Waals surface area contributed by atoms with Crippen molar-refractivity contribution in [2.24, 2.45) is 4.99 Å². The van der Waals surface area contributed by atoms with Crippen LogP contribution in [-0.4, -0.2) is 12.9 Å². The van der Waals surface area contributed by atoms with Crippen molar-refractivity contribution in [3.05, 3.63) is 21.7 Å². The van der Waals surface area contributed by atoms with E-state index in [1.54, 1.807) is 6.08 Å². The summed E-state index contributed by atoms with van der Waals surface area (Å²) in [5.41, 5.74) is 2.05. The maximum atomic E-state index is 10.2. The predicted molar refractivity (Wildman–Crippen MR) is 66.2 cm³/mol. The summed E-state index contributed by atoms with van der Waals surface area (Å²) in [6.45, 7) is 4.70. The highest BCUT2D eigenvalue weighted by molar-refractivity contribution is 9.10. The van der Waals surface area contributed by atoms with E-state index in [4.69, 9.17) is 9.47 Å². The highest BCUT2D eigenvalue weighted by Crippen LogP contribution is 2.45. The van der Waals surface area contributed by atoms with Gasteiger partial charge in [-0.2, -0.15) is 0 Å². The highest BCUT2D eigenvalue weighted by Gasteiger charge is 2.23. The fourth-order valence-electron chi connectivity index (χ4n) is 1.94. The van der Waals surface area contributed by atoms with Crippen LogP contribution in [0.15, 0.2) is 15.5 Å². The molecule has 1 aliphatic heterocycles. The van der Waals surface area contributed by atoms with Gasteiger partial charge < -0.3 is 9.47 Å². The van der Waals surface area contributed by atoms with E-state index in [0.29, 0.717) is 18.2 Å². The van der Waals surface area contributed by atoms with Crippen LogP contribution in [0.5, 0.6) is 11.5 Å². The molecule has 0 bridgehead atoms. The summed E-state index contributed by atoms with van der Waals surface area (Å²) in [6, 6.07) is 1.88. The Kier molecular flexibility index (Phi) is 3.50. The molecule has 0 amide bonds. The third-order valence-corrected chi connectivity index (χ3v) is 3.41. The van der Waals surface area contributed by atoms with Crippen molar-refractivity contribution in [1.29, 1.82) is 0 Å². The molecule has 0 atom stereocenters.